The van der Waals surface area contributed by atoms with Gasteiger partial charge in [0.15, 0.2) is 0 Å². The molecule has 1 aromatic carbocycles. The van der Waals surface area contributed by atoms with Crippen LogP contribution in [0.3, 0.4) is 0 Å². The average Bonchev–Trinajstić information content (AvgIpc) is 2.85. The third kappa shape index (κ3) is 2.45. The van der Waals surface area contributed by atoms with E-state index >= 15 is 0 Å². The number of halogens is 2. The molecule has 19 heavy (non-hydrogen) atoms. The molecule has 0 unspecified atom stereocenters. The van der Waals surface area contributed by atoms with E-state index in [0.29, 0.717) is 5.56 Å². The second-order valence-electron chi connectivity index (χ2n) is 4.68. The van der Waals surface area contributed by atoms with E-state index in [-0.39, 0.29) is 31.8 Å². The third-order valence-electron chi connectivity index (χ3n) is 3.36. The van der Waals surface area contributed by atoms with Crippen molar-refractivity contribution < 1.29 is 13.6 Å². The van der Waals surface area contributed by atoms with Gasteiger partial charge in [0.05, 0.1) is 15.7 Å². The monoisotopic (exact) mass is 282 g/mol. The molecule has 1 aliphatic heterocycles. The average molecular weight is 282 g/mol. The number of hydrogen-bond donors (Lipinski definition) is 0. The number of hydrogen-bond acceptors (Lipinski definition) is 3. The van der Waals surface area contributed by atoms with E-state index in [4.69, 9.17) is 0 Å². The fraction of sp³-hybridized carbons (Fsp3) is 0.385. The molecule has 0 bridgehead atoms. The zero-order valence-electron chi connectivity index (χ0n) is 10.1. The molecule has 1 saturated heterocycles. The molecule has 2 aromatic rings. The Morgan fingerprint density at radius 1 is 1.32 bits per heavy atom. The van der Waals surface area contributed by atoms with Gasteiger partial charge in [-0.1, -0.05) is 0 Å². The van der Waals surface area contributed by atoms with Crippen molar-refractivity contribution in [2.75, 3.05) is 13.1 Å². The Balaban J connectivity index is 1.80. The molecule has 0 spiro atoms. The summed E-state index contributed by atoms with van der Waals surface area (Å²) >= 11 is 1.46. The van der Waals surface area contributed by atoms with Gasteiger partial charge in [0.2, 0.25) is 0 Å². The van der Waals surface area contributed by atoms with Crippen molar-refractivity contribution in [3.63, 3.8) is 0 Å². The predicted octanol–water partition coefficient (Wildman–Crippen LogP) is 3.17. The third-order valence-corrected chi connectivity index (χ3v) is 4.15. The van der Waals surface area contributed by atoms with Crippen molar-refractivity contribution >= 4 is 27.5 Å². The minimum absolute atomic E-state index is 0.118. The molecule has 3 nitrogen and oxygen atoms in total. The number of nitrogens with zero attached hydrogens (tertiary/aromatic N) is 2. The van der Waals surface area contributed by atoms with Gasteiger partial charge in [0.25, 0.3) is 11.8 Å². The van der Waals surface area contributed by atoms with Gasteiger partial charge in [-0.05, 0) is 18.2 Å². The molecule has 3 rings (SSSR count). The van der Waals surface area contributed by atoms with Crippen molar-refractivity contribution in [2.24, 2.45) is 0 Å². The van der Waals surface area contributed by atoms with Crippen LogP contribution in [0.5, 0.6) is 0 Å². The topological polar surface area (TPSA) is 33.2 Å². The number of likely N-dealkylation sites (tertiary alicyclic amines) is 1. The van der Waals surface area contributed by atoms with Crippen LogP contribution >= 0.6 is 11.3 Å². The summed E-state index contributed by atoms with van der Waals surface area (Å²) in [4.78, 5) is 17.9. The number of carbonyl (C=O) groups is 1. The molecule has 2 heterocycles. The summed E-state index contributed by atoms with van der Waals surface area (Å²) in [5, 5.41) is 0. The maximum atomic E-state index is 13.1. The molecule has 100 valence electrons. The molecule has 6 heteroatoms. The zero-order chi connectivity index (χ0) is 13.5. The van der Waals surface area contributed by atoms with E-state index in [1.54, 1.807) is 23.7 Å². The molecule has 1 aromatic heterocycles. The first kappa shape index (κ1) is 12.5. The fourth-order valence-corrected chi connectivity index (χ4v) is 2.92. The van der Waals surface area contributed by atoms with Gasteiger partial charge in [-0.15, -0.1) is 11.3 Å². The first-order valence-corrected chi connectivity index (χ1v) is 6.93. The molecule has 0 radical (unpaired) electrons. The van der Waals surface area contributed by atoms with E-state index in [2.05, 4.69) is 4.98 Å². The van der Waals surface area contributed by atoms with Crippen LogP contribution in [-0.4, -0.2) is 34.8 Å². The number of alkyl halides is 2. The second kappa shape index (κ2) is 4.52. The lowest BCUT2D eigenvalue weighted by Gasteiger charge is -2.31. The van der Waals surface area contributed by atoms with Crippen molar-refractivity contribution in [1.29, 1.82) is 0 Å². The largest absolute Gasteiger partial charge is 0.338 e. The van der Waals surface area contributed by atoms with Crippen molar-refractivity contribution in [1.82, 2.24) is 9.88 Å². The van der Waals surface area contributed by atoms with Crippen molar-refractivity contribution in [2.45, 2.75) is 18.8 Å². The maximum Gasteiger partial charge on any atom is 0.253 e. The van der Waals surface area contributed by atoms with E-state index in [9.17, 15) is 13.6 Å². The Hall–Kier alpha value is -1.56. The van der Waals surface area contributed by atoms with Gasteiger partial charge in [-0.2, -0.15) is 0 Å². The number of thiazole rings is 1. The van der Waals surface area contributed by atoms with Crippen LogP contribution in [0.1, 0.15) is 23.2 Å². The molecule has 1 fully saturated rings. The molecule has 0 N–H and O–H groups in total. The van der Waals surface area contributed by atoms with E-state index in [1.807, 2.05) is 0 Å². The minimum Gasteiger partial charge on any atom is -0.338 e. The highest BCUT2D eigenvalue weighted by atomic mass is 32.1. The van der Waals surface area contributed by atoms with Crippen LogP contribution in [0.25, 0.3) is 10.2 Å². The second-order valence-corrected chi connectivity index (χ2v) is 5.57. The van der Waals surface area contributed by atoms with Crippen molar-refractivity contribution in [3.05, 3.63) is 29.3 Å². The van der Waals surface area contributed by atoms with Crippen LogP contribution in [-0.2, 0) is 0 Å². The van der Waals surface area contributed by atoms with Crippen LogP contribution < -0.4 is 0 Å². The number of piperidine rings is 1. The summed E-state index contributed by atoms with van der Waals surface area (Å²) in [6, 6.07) is 5.27. The zero-order valence-corrected chi connectivity index (χ0v) is 10.9. The van der Waals surface area contributed by atoms with Gasteiger partial charge < -0.3 is 4.90 Å². The first-order chi connectivity index (χ1) is 9.05. The van der Waals surface area contributed by atoms with E-state index in [1.165, 1.54) is 16.2 Å². The minimum atomic E-state index is -2.63. The fourth-order valence-electron chi connectivity index (χ4n) is 2.21. The molecule has 0 saturated carbocycles. The van der Waals surface area contributed by atoms with Gasteiger partial charge in [-0.3, -0.25) is 4.79 Å². The number of carbonyl (C=O) groups excluding carboxylic acids is 1. The Labute approximate surface area is 112 Å². The predicted molar refractivity (Wildman–Crippen MR) is 69.7 cm³/mol. The summed E-state index contributed by atoms with van der Waals surface area (Å²) in [5.74, 6) is -2.80. The lowest BCUT2D eigenvalue weighted by molar-refractivity contribution is -0.0494. The number of amides is 1. The summed E-state index contributed by atoms with van der Waals surface area (Å²) < 4.78 is 27.1. The Bertz CT molecular complexity index is 616. The van der Waals surface area contributed by atoms with Gasteiger partial charge in [0.1, 0.15) is 0 Å². The van der Waals surface area contributed by atoms with Gasteiger partial charge in [-0.25, -0.2) is 13.8 Å². The molecular weight excluding hydrogens is 270 g/mol. The normalized spacial score (nSPS) is 18.7. The SMILES string of the molecule is O=C(c1ccc2ncsc2c1)N1CCC(F)(F)CC1. The first-order valence-electron chi connectivity index (χ1n) is 6.05. The van der Waals surface area contributed by atoms with Gasteiger partial charge >= 0.3 is 0 Å². The van der Waals surface area contributed by atoms with Crippen molar-refractivity contribution in [3.8, 4) is 0 Å². The quantitative estimate of drug-likeness (QED) is 0.805. The highest BCUT2D eigenvalue weighted by molar-refractivity contribution is 7.16. The summed E-state index contributed by atoms with van der Waals surface area (Å²) in [5.41, 5.74) is 3.12. The molecular formula is C13H12F2N2OS. The standard InChI is InChI=1S/C13H12F2N2OS/c14-13(15)3-5-17(6-4-13)12(18)9-1-2-10-11(7-9)19-8-16-10/h1-2,7-8H,3-6H2. The Morgan fingerprint density at radius 3 is 2.79 bits per heavy atom. The number of aromatic nitrogens is 1. The highest BCUT2D eigenvalue weighted by Crippen LogP contribution is 2.29. The maximum absolute atomic E-state index is 13.1. The van der Waals surface area contributed by atoms with Crippen LogP contribution in [0, 0.1) is 0 Å². The van der Waals surface area contributed by atoms with Gasteiger partial charge in [0, 0.05) is 31.5 Å². The smallest absolute Gasteiger partial charge is 0.253 e. The molecule has 1 amide bonds. The highest BCUT2D eigenvalue weighted by Gasteiger charge is 2.35. The van der Waals surface area contributed by atoms with E-state index in [0.717, 1.165) is 10.2 Å². The summed E-state index contributed by atoms with van der Waals surface area (Å²) in [6.07, 6.45) is -0.497. The number of benzene rings is 1. The van der Waals surface area contributed by atoms with Crippen LogP contribution in [0.15, 0.2) is 23.7 Å². The summed E-state index contributed by atoms with van der Waals surface area (Å²) in [6.45, 7) is 0.235. The lowest BCUT2D eigenvalue weighted by Crippen LogP contribution is -2.42. The summed E-state index contributed by atoms with van der Waals surface area (Å²) in [7, 11) is 0. The Kier molecular flexibility index (Phi) is 2.97. The molecule has 0 aliphatic carbocycles. The number of rotatable bonds is 1. The van der Waals surface area contributed by atoms with E-state index < -0.39 is 5.92 Å². The lowest BCUT2D eigenvalue weighted by atomic mass is 10.1. The molecule has 0 atom stereocenters. The molecule has 1 aliphatic rings. The number of fused-ring (bicyclic) bond motifs is 1. The van der Waals surface area contributed by atoms with Crippen LogP contribution in [0.2, 0.25) is 0 Å². The van der Waals surface area contributed by atoms with Crippen LogP contribution in [0.4, 0.5) is 8.78 Å². The Morgan fingerprint density at radius 2 is 2.05 bits per heavy atom.